The molecule has 4 nitrogen and oxygen atoms in total. The van der Waals surface area contributed by atoms with Gasteiger partial charge >= 0.3 is 0 Å². The molecule has 2 atom stereocenters. The zero-order valence-electron chi connectivity index (χ0n) is 12.3. The molecule has 0 aromatic heterocycles. The topological polar surface area (TPSA) is 41.6 Å². The Bertz CT molecular complexity index is 529. The van der Waals surface area contributed by atoms with E-state index in [1.165, 1.54) is 0 Å². The lowest BCUT2D eigenvalue weighted by atomic mass is 10.1. The van der Waals surface area contributed by atoms with Crippen molar-refractivity contribution in [2.75, 3.05) is 31.6 Å². The highest BCUT2D eigenvalue weighted by Crippen LogP contribution is 2.38. The standard InChI is InChI=1S/C16H21ClN2O2/c1-11-8-14(11)16(20)18-13-3-2-12(15(17)9-13)10-19-4-6-21-7-5-19/h2-3,9,11,14H,4-8,10H2,1H3,(H,18,20)/t11-,14-/m1/s1. The predicted octanol–water partition coefficient (Wildman–Crippen LogP) is 2.77. The minimum absolute atomic E-state index is 0.111. The van der Waals surface area contributed by atoms with E-state index in [2.05, 4.69) is 17.1 Å². The molecule has 1 saturated heterocycles. The van der Waals surface area contributed by atoms with Gasteiger partial charge in [-0.05, 0) is 30.0 Å². The second kappa shape index (κ2) is 6.34. The third kappa shape index (κ3) is 3.76. The molecule has 5 heteroatoms. The van der Waals surface area contributed by atoms with Gasteiger partial charge in [0.15, 0.2) is 0 Å². The van der Waals surface area contributed by atoms with Gasteiger partial charge in [-0.2, -0.15) is 0 Å². The molecule has 0 unspecified atom stereocenters. The van der Waals surface area contributed by atoms with Crippen molar-refractivity contribution in [1.29, 1.82) is 0 Å². The maximum absolute atomic E-state index is 11.9. The Labute approximate surface area is 130 Å². The van der Waals surface area contributed by atoms with Crippen LogP contribution in [0.25, 0.3) is 0 Å². The lowest BCUT2D eigenvalue weighted by Gasteiger charge is -2.27. The zero-order chi connectivity index (χ0) is 14.8. The minimum atomic E-state index is 0.111. The van der Waals surface area contributed by atoms with Crippen molar-refractivity contribution in [3.63, 3.8) is 0 Å². The minimum Gasteiger partial charge on any atom is -0.379 e. The number of hydrogen-bond donors (Lipinski definition) is 1. The molecule has 21 heavy (non-hydrogen) atoms. The third-order valence-electron chi connectivity index (χ3n) is 4.26. The Hall–Kier alpha value is -1.10. The van der Waals surface area contributed by atoms with E-state index in [1.54, 1.807) is 0 Å². The SMILES string of the molecule is C[C@@H]1C[C@H]1C(=O)Nc1ccc(CN2CCOCC2)c(Cl)c1. The van der Waals surface area contributed by atoms with Crippen molar-refractivity contribution in [2.45, 2.75) is 19.9 Å². The first-order valence-corrected chi connectivity index (χ1v) is 7.90. The highest BCUT2D eigenvalue weighted by atomic mass is 35.5. The van der Waals surface area contributed by atoms with Crippen LogP contribution in [0.3, 0.4) is 0 Å². The molecule has 0 spiro atoms. The largest absolute Gasteiger partial charge is 0.379 e. The number of nitrogens with one attached hydrogen (secondary N) is 1. The fraction of sp³-hybridized carbons (Fsp3) is 0.562. The van der Waals surface area contributed by atoms with Crippen molar-refractivity contribution < 1.29 is 9.53 Å². The molecule has 0 bridgehead atoms. The Morgan fingerprint density at radius 3 is 2.76 bits per heavy atom. The molecule has 1 aliphatic heterocycles. The maximum atomic E-state index is 11.9. The summed E-state index contributed by atoms with van der Waals surface area (Å²) in [5.74, 6) is 0.803. The van der Waals surface area contributed by atoms with Gasteiger partial charge in [-0.3, -0.25) is 9.69 Å². The number of carbonyl (C=O) groups excluding carboxylic acids is 1. The van der Waals surface area contributed by atoms with Gasteiger partial charge in [0.1, 0.15) is 0 Å². The normalized spacial score (nSPS) is 25.6. The Balaban J connectivity index is 1.60. The number of benzene rings is 1. The monoisotopic (exact) mass is 308 g/mol. The summed E-state index contributed by atoms with van der Waals surface area (Å²) >= 11 is 6.35. The molecule has 0 radical (unpaired) electrons. The number of ether oxygens (including phenoxy) is 1. The first kappa shape index (κ1) is 14.8. The first-order chi connectivity index (χ1) is 10.1. The van der Waals surface area contributed by atoms with Crippen LogP contribution in [0.1, 0.15) is 18.9 Å². The third-order valence-corrected chi connectivity index (χ3v) is 4.62. The van der Waals surface area contributed by atoms with Gasteiger partial charge in [0.05, 0.1) is 13.2 Å². The van der Waals surface area contributed by atoms with Crippen LogP contribution < -0.4 is 5.32 Å². The predicted molar refractivity (Wildman–Crippen MR) is 83.4 cm³/mol. The van der Waals surface area contributed by atoms with E-state index in [1.807, 2.05) is 18.2 Å². The Kier molecular flexibility index (Phi) is 4.48. The van der Waals surface area contributed by atoms with Crippen molar-refractivity contribution in [3.05, 3.63) is 28.8 Å². The molecule has 3 rings (SSSR count). The molecule has 2 aliphatic rings. The first-order valence-electron chi connectivity index (χ1n) is 7.53. The molecule has 114 valence electrons. The van der Waals surface area contributed by atoms with E-state index < -0.39 is 0 Å². The van der Waals surface area contributed by atoms with Crippen LogP contribution in [0.15, 0.2) is 18.2 Å². The quantitative estimate of drug-likeness (QED) is 0.930. The van der Waals surface area contributed by atoms with E-state index in [0.29, 0.717) is 10.9 Å². The molecule has 1 aliphatic carbocycles. The van der Waals surface area contributed by atoms with E-state index >= 15 is 0 Å². The van der Waals surface area contributed by atoms with Crippen LogP contribution in [-0.4, -0.2) is 37.1 Å². The van der Waals surface area contributed by atoms with E-state index in [9.17, 15) is 4.79 Å². The van der Waals surface area contributed by atoms with Gasteiger partial charge in [0, 0.05) is 36.3 Å². The summed E-state index contributed by atoms with van der Waals surface area (Å²) in [6.07, 6.45) is 0.995. The van der Waals surface area contributed by atoms with Gasteiger partial charge in [0.2, 0.25) is 5.91 Å². The van der Waals surface area contributed by atoms with Crippen LogP contribution >= 0.6 is 11.6 Å². The molecule has 1 heterocycles. The highest BCUT2D eigenvalue weighted by Gasteiger charge is 2.39. The molecule has 1 aromatic rings. The molecule has 2 fully saturated rings. The Morgan fingerprint density at radius 1 is 1.43 bits per heavy atom. The lowest BCUT2D eigenvalue weighted by molar-refractivity contribution is -0.117. The van der Waals surface area contributed by atoms with Gasteiger partial charge in [-0.15, -0.1) is 0 Å². The van der Waals surface area contributed by atoms with E-state index in [-0.39, 0.29) is 11.8 Å². The number of morpholine rings is 1. The maximum Gasteiger partial charge on any atom is 0.227 e. The van der Waals surface area contributed by atoms with E-state index in [4.69, 9.17) is 16.3 Å². The highest BCUT2D eigenvalue weighted by molar-refractivity contribution is 6.31. The van der Waals surface area contributed by atoms with Gasteiger partial charge in [0.25, 0.3) is 0 Å². The average Bonchev–Trinajstić information content (AvgIpc) is 3.20. The smallest absolute Gasteiger partial charge is 0.227 e. The summed E-state index contributed by atoms with van der Waals surface area (Å²) < 4.78 is 5.35. The molecule has 1 aromatic carbocycles. The number of anilines is 1. The second-order valence-electron chi connectivity index (χ2n) is 6.00. The van der Waals surface area contributed by atoms with Crippen molar-refractivity contribution >= 4 is 23.2 Å². The molecule has 1 N–H and O–H groups in total. The zero-order valence-corrected chi connectivity index (χ0v) is 13.0. The van der Waals surface area contributed by atoms with Crippen molar-refractivity contribution in [3.8, 4) is 0 Å². The molecule has 1 saturated carbocycles. The van der Waals surface area contributed by atoms with Gasteiger partial charge in [-0.1, -0.05) is 24.6 Å². The number of amides is 1. The fourth-order valence-corrected chi connectivity index (χ4v) is 2.92. The van der Waals surface area contributed by atoms with Crippen molar-refractivity contribution in [2.24, 2.45) is 11.8 Å². The molecular formula is C16H21ClN2O2. The van der Waals surface area contributed by atoms with Crippen molar-refractivity contribution in [1.82, 2.24) is 4.90 Å². The van der Waals surface area contributed by atoms with Crippen LogP contribution in [0.5, 0.6) is 0 Å². The summed E-state index contributed by atoms with van der Waals surface area (Å²) in [6.45, 7) is 6.37. The van der Waals surface area contributed by atoms with E-state index in [0.717, 1.165) is 50.5 Å². The van der Waals surface area contributed by atoms with Gasteiger partial charge in [-0.25, -0.2) is 0 Å². The van der Waals surface area contributed by atoms with Crippen LogP contribution in [-0.2, 0) is 16.1 Å². The molecule has 1 amide bonds. The summed E-state index contributed by atoms with van der Waals surface area (Å²) in [7, 11) is 0. The number of nitrogens with zero attached hydrogens (tertiary/aromatic N) is 1. The summed E-state index contributed by atoms with van der Waals surface area (Å²) in [5, 5.41) is 3.66. The summed E-state index contributed by atoms with van der Waals surface area (Å²) in [6, 6.07) is 5.79. The van der Waals surface area contributed by atoms with Crippen LogP contribution in [0.4, 0.5) is 5.69 Å². The van der Waals surface area contributed by atoms with Gasteiger partial charge < -0.3 is 10.1 Å². The number of carbonyl (C=O) groups is 1. The number of hydrogen-bond acceptors (Lipinski definition) is 3. The second-order valence-corrected chi connectivity index (χ2v) is 6.41. The summed E-state index contributed by atoms with van der Waals surface area (Å²) in [5.41, 5.74) is 1.88. The fourth-order valence-electron chi connectivity index (χ4n) is 2.68. The van der Waals surface area contributed by atoms with Crippen LogP contribution in [0, 0.1) is 11.8 Å². The number of rotatable bonds is 4. The number of halogens is 1. The lowest BCUT2D eigenvalue weighted by Crippen LogP contribution is -2.35. The summed E-state index contributed by atoms with van der Waals surface area (Å²) in [4.78, 5) is 14.3. The van der Waals surface area contributed by atoms with Crippen LogP contribution in [0.2, 0.25) is 5.02 Å². The average molecular weight is 309 g/mol. The molecular weight excluding hydrogens is 288 g/mol. The Morgan fingerprint density at radius 2 is 2.14 bits per heavy atom.